The van der Waals surface area contributed by atoms with Crippen molar-refractivity contribution >= 4 is 42.8 Å². The summed E-state index contributed by atoms with van der Waals surface area (Å²) in [6.07, 6.45) is 5.95. The number of halogens is 1. The zero-order valence-corrected chi connectivity index (χ0v) is 17.8. The van der Waals surface area contributed by atoms with E-state index in [9.17, 15) is 0 Å². The molecule has 5 heteroatoms. The van der Waals surface area contributed by atoms with Gasteiger partial charge in [0, 0.05) is 0 Å². The Morgan fingerprint density at radius 2 is 1.42 bits per heavy atom. The summed E-state index contributed by atoms with van der Waals surface area (Å²) in [5, 5.41) is 7.38. The van der Waals surface area contributed by atoms with Crippen LogP contribution in [0.5, 0.6) is 0 Å². The van der Waals surface area contributed by atoms with Crippen LogP contribution in [0.2, 0.25) is 0 Å². The van der Waals surface area contributed by atoms with Gasteiger partial charge in [-0.15, -0.1) is 0 Å². The van der Waals surface area contributed by atoms with Crippen LogP contribution in [-0.2, 0) is 0 Å². The van der Waals surface area contributed by atoms with E-state index >= 15 is 0 Å². The van der Waals surface area contributed by atoms with Gasteiger partial charge in [-0.3, -0.25) is 0 Å². The van der Waals surface area contributed by atoms with Gasteiger partial charge in [-0.1, -0.05) is 0 Å². The van der Waals surface area contributed by atoms with E-state index in [1.54, 1.807) is 0 Å². The van der Waals surface area contributed by atoms with Gasteiger partial charge in [0.05, 0.1) is 0 Å². The number of nitrogens with zero attached hydrogens (tertiary/aromatic N) is 2. The molecule has 0 spiro atoms. The minimum absolute atomic E-state index is 0.456. The number of rotatable bonds is 7. The zero-order valence-electron chi connectivity index (χ0n) is 13.9. The molecule has 0 aromatic heterocycles. The molecule has 0 aromatic carbocycles. The minimum atomic E-state index is -1.84. The molecule has 0 N–H and O–H groups in total. The van der Waals surface area contributed by atoms with Crippen LogP contribution in [-0.4, -0.2) is 46.6 Å². The summed E-state index contributed by atoms with van der Waals surface area (Å²) in [4.78, 5) is 1.40. The van der Waals surface area contributed by atoms with Crippen LogP contribution < -0.4 is 0 Å². The van der Waals surface area contributed by atoms with E-state index in [0.717, 1.165) is 0 Å². The third kappa shape index (κ3) is 4.47. The molecule has 116 valence electrons. The Balaban J connectivity index is 5.74. The molecular formula is C14H32IN2PS. The van der Waals surface area contributed by atoms with Gasteiger partial charge in [-0.2, -0.15) is 0 Å². The molecule has 0 rings (SSSR count). The summed E-state index contributed by atoms with van der Waals surface area (Å²) in [6.45, 7) is 16.0. The van der Waals surface area contributed by atoms with Crippen LogP contribution in [0.4, 0.5) is 0 Å². The van der Waals surface area contributed by atoms with Gasteiger partial charge >= 0.3 is 138 Å². The Hall–Kier alpha value is 0.980. The van der Waals surface area contributed by atoms with E-state index in [4.69, 9.17) is 5.10 Å². The van der Waals surface area contributed by atoms with Gasteiger partial charge in [0.1, 0.15) is 0 Å². The predicted octanol–water partition coefficient (Wildman–Crippen LogP) is 5.70. The van der Waals surface area contributed by atoms with E-state index < -0.39 is 4.25 Å². The van der Waals surface area contributed by atoms with Crippen LogP contribution in [0.3, 0.4) is 0 Å². The Bertz CT molecular complexity index is 296. The van der Waals surface area contributed by atoms with Crippen LogP contribution >= 0.6 is 38.0 Å². The van der Waals surface area contributed by atoms with Crippen LogP contribution in [0.1, 0.15) is 48.5 Å². The maximum absolute atomic E-state index is 5.11. The average molecular weight is 418 g/mol. The number of thioether (sulfide) groups is 1. The summed E-state index contributed by atoms with van der Waals surface area (Å²) >= 11 is 4.67. The maximum atomic E-state index is 5.11. The molecule has 2 nitrogen and oxygen atoms in total. The molecule has 0 aromatic rings. The SMILES string of the molecule is CCP(I)(CC)(CC)/C(=N\N(C(C)C)C(C)C)SC. The quantitative estimate of drug-likeness (QED) is 0.173. The van der Waals surface area contributed by atoms with Crippen LogP contribution in [0, 0.1) is 0 Å². The second-order valence-electron chi connectivity index (χ2n) is 5.69. The molecule has 0 bridgehead atoms. The van der Waals surface area contributed by atoms with Crippen molar-refractivity contribution in [1.29, 1.82) is 0 Å². The van der Waals surface area contributed by atoms with Crippen molar-refractivity contribution < 1.29 is 0 Å². The number of hydrazone groups is 1. The Kier molecular flexibility index (Phi) is 8.24. The summed E-state index contributed by atoms with van der Waals surface area (Å²) < 4.78 is -1.84. The van der Waals surface area contributed by atoms with Crippen LogP contribution in [0.25, 0.3) is 0 Å². The van der Waals surface area contributed by atoms with E-state index in [-0.39, 0.29) is 0 Å². The summed E-state index contributed by atoms with van der Waals surface area (Å²) in [7, 11) is 0. The molecule has 0 saturated heterocycles. The van der Waals surface area contributed by atoms with Gasteiger partial charge in [0.25, 0.3) is 0 Å². The van der Waals surface area contributed by atoms with Gasteiger partial charge < -0.3 is 0 Å². The third-order valence-corrected chi connectivity index (χ3v) is 20.4. The first-order chi connectivity index (χ1) is 8.68. The molecule has 0 atom stereocenters. The number of hydrogen-bond acceptors (Lipinski definition) is 3. The van der Waals surface area contributed by atoms with Crippen molar-refractivity contribution in [3.63, 3.8) is 0 Å². The number of hydrogen-bond donors (Lipinski definition) is 0. The first kappa shape index (κ1) is 20.0. The predicted molar refractivity (Wildman–Crippen MR) is 106 cm³/mol. The van der Waals surface area contributed by atoms with Gasteiger partial charge in [0.2, 0.25) is 0 Å². The van der Waals surface area contributed by atoms with Crippen molar-refractivity contribution in [3.05, 3.63) is 0 Å². The molecular weight excluding hydrogens is 386 g/mol. The van der Waals surface area contributed by atoms with Crippen molar-refractivity contribution in [2.75, 3.05) is 24.7 Å². The normalized spacial score (nSPS) is 15.7. The molecule has 0 amide bonds. The Labute approximate surface area is 138 Å². The summed E-state index contributed by atoms with van der Waals surface area (Å²) in [6, 6.07) is 0.913. The van der Waals surface area contributed by atoms with Crippen molar-refractivity contribution in [2.24, 2.45) is 5.10 Å². The van der Waals surface area contributed by atoms with Gasteiger partial charge in [-0.25, -0.2) is 0 Å². The fourth-order valence-electron chi connectivity index (χ4n) is 2.38. The molecule has 0 aliphatic carbocycles. The summed E-state index contributed by atoms with van der Waals surface area (Å²) in [5.41, 5.74) is 0. The van der Waals surface area contributed by atoms with E-state index in [2.05, 4.69) is 81.8 Å². The molecule has 0 saturated carbocycles. The zero-order chi connectivity index (χ0) is 15.3. The molecule has 0 fully saturated rings. The molecule has 0 aliphatic heterocycles. The molecule has 0 heterocycles. The second kappa shape index (κ2) is 7.84. The average Bonchev–Trinajstić information content (AvgIpc) is 2.38. The van der Waals surface area contributed by atoms with Crippen LogP contribution in [0.15, 0.2) is 5.10 Å². The first-order valence-corrected chi connectivity index (χ1v) is 14.1. The van der Waals surface area contributed by atoms with Gasteiger partial charge in [0.15, 0.2) is 0 Å². The topological polar surface area (TPSA) is 15.6 Å². The van der Waals surface area contributed by atoms with E-state index in [1.165, 1.54) is 23.3 Å². The molecule has 0 radical (unpaired) electrons. The molecule has 19 heavy (non-hydrogen) atoms. The summed E-state index contributed by atoms with van der Waals surface area (Å²) in [5.74, 6) is 0. The van der Waals surface area contributed by atoms with E-state index in [1.807, 2.05) is 11.8 Å². The second-order valence-corrected chi connectivity index (χ2v) is 19.9. The van der Waals surface area contributed by atoms with Crippen molar-refractivity contribution in [3.8, 4) is 0 Å². The Morgan fingerprint density at radius 3 is 1.63 bits per heavy atom. The molecule has 0 unspecified atom stereocenters. The standard InChI is InChI=1S/C14H32IN2PS/c1-9-18(15,10-2,11-3)14(19-8)16-17(12(4)5)13(6)7/h12-13H,9-11H2,1-8H3/b16-14+. The Morgan fingerprint density at radius 1 is 1.05 bits per heavy atom. The monoisotopic (exact) mass is 418 g/mol. The fourth-order valence-corrected chi connectivity index (χ4v) is 10.1. The first-order valence-electron chi connectivity index (χ1n) is 7.32. The van der Waals surface area contributed by atoms with Gasteiger partial charge in [-0.05, 0) is 0 Å². The third-order valence-electron chi connectivity index (χ3n) is 4.09. The van der Waals surface area contributed by atoms with E-state index in [0.29, 0.717) is 12.1 Å². The van der Waals surface area contributed by atoms with Crippen molar-refractivity contribution in [1.82, 2.24) is 5.01 Å². The molecule has 0 aliphatic rings. The fraction of sp³-hybridized carbons (Fsp3) is 0.929. The van der Waals surface area contributed by atoms with Crippen molar-refractivity contribution in [2.45, 2.75) is 60.5 Å².